The van der Waals surface area contributed by atoms with Crippen molar-refractivity contribution in [2.75, 3.05) is 0 Å². The normalized spacial score (nSPS) is 12.2. The van der Waals surface area contributed by atoms with Crippen LogP contribution in [0.3, 0.4) is 0 Å². The van der Waals surface area contributed by atoms with E-state index in [0.717, 1.165) is 5.69 Å². The van der Waals surface area contributed by atoms with E-state index in [4.69, 9.17) is 0 Å². The lowest BCUT2D eigenvalue weighted by Crippen LogP contribution is -1.95. The summed E-state index contributed by atoms with van der Waals surface area (Å²) in [6.07, 6.45) is 0. The van der Waals surface area contributed by atoms with Gasteiger partial charge in [0.2, 0.25) is 0 Å². The Labute approximate surface area is 357 Å². The Morgan fingerprint density at radius 1 is 0.242 bits per heavy atom. The first-order valence-corrected chi connectivity index (χ1v) is 21.5. The number of aromatic nitrogens is 2. The molecule has 0 aliphatic heterocycles. The summed E-state index contributed by atoms with van der Waals surface area (Å²) in [5.74, 6) is 0. The number of hydrogen-bond donors (Lipinski definition) is 0. The number of hydrogen-bond acceptors (Lipinski definition) is 0. The van der Waals surface area contributed by atoms with Crippen LogP contribution in [-0.4, -0.2) is 9.13 Å². The van der Waals surface area contributed by atoms with Crippen molar-refractivity contribution >= 4 is 75.9 Å². The van der Waals surface area contributed by atoms with Gasteiger partial charge in [-0.3, -0.25) is 0 Å². The third-order valence-corrected chi connectivity index (χ3v) is 13.6. The van der Waals surface area contributed by atoms with Gasteiger partial charge >= 0.3 is 0 Å². The lowest BCUT2D eigenvalue weighted by atomic mass is 9.94. The first-order chi connectivity index (χ1) is 30.7. The lowest BCUT2D eigenvalue weighted by molar-refractivity contribution is 1.19. The molecule has 0 fully saturated rings. The predicted octanol–water partition coefficient (Wildman–Crippen LogP) is 16.3. The van der Waals surface area contributed by atoms with Crippen LogP contribution >= 0.6 is 0 Å². The molecule has 0 amide bonds. The Balaban J connectivity index is 0.950. The summed E-state index contributed by atoms with van der Waals surface area (Å²) in [7, 11) is 0. The van der Waals surface area contributed by atoms with E-state index in [1.54, 1.807) is 0 Å². The van der Waals surface area contributed by atoms with Crippen molar-refractivity contribution in [1.82, 2.24) is 9.13 Å². The average molecular weight is 785 g/mol. The van der Waals surface area contributed by atoms with Gasteiger partial charge in [-0.25, -0.2) is 0 Å². The summed E-state index contributed by atoms with van der Waals surface area (Å²) in [6, 6.07) is 81.1. The molecular formula is C60H36N2. The molecule has 0 radical (unpaired) electrons. The van der Waals surface area contributed by atoms with Crippen LogP contribution in [-0.2, 0) is 0 Å². The monoisotopic (exact) mass is 784 g/mol. The van der Waals surface area contributed by atoms with Gasteiger partial charge in [-0.05, 0) is 126 Å². The van der Waals surface area contributed by atoms with Crippen LogP contribution in [0.1, 0.15) is 0 Å². The van der Waals surface area contributed by atoms with Crippen LogP contribution in [0.2, 0.25) is 0 Å². The molecule has 2 aromatic heterocycles. The molecule has 0 unspecified atom stereocenters. The zero-order chi connectivity index (χ0) is 40.5. The maximum absolute atomic E-state index is 2.50. The number of fused-ring (bicyclic) bond motifs is 12. The summed E-state index contributed by atoms with van der Waals surface area (Å²) in [6.45, 7) is 0. The molecule has 0 bridgehead atoms. The van der Waals surface area contributed by atoms with E-state index in [1.807, 2.05) is 0 Å². The largest absolute Gasteiger partial charge is 0.309 e. The Morgan fingerprint density at radius 2 is 0.823 bits per heavy atom. The smallest absolute Gasteiger partial charge is 0.0619 e. The van der Waals surface area contributed by atoms with Gasteiger partial charge in [0, 0.05) is 38.3 Å². The van der Waals surface area contributed by atoms with Gasteiger partial charge in [0.05, 0.1) is 22.1 Å². The topological polar surface area (TPSA) is 9.86 Å². The Hall–Kier alpha value is -8.20. The van der Waals surface area contributed by atoms with Gasteiger partial charge in [0.15, 0.2) is 0 Å². The van der Waals surface area contributed by atoms with E-state index in [0.29, 0.717) is 0 Å². The van der Waals surface area contributed by atoms with E-state index in [9.17, 15) is 0 Å². The molecule has 0 spiro atoms. The fourth-order valence-corrected chi connectivity index (χ4v) is 10.8. The van der Waals surface area contributed by atoms with Crippen LogP contribution in [0.15, 0.2) is 218 Å². The molecule has 1 aliphatic carbocycles. The van der Waals surface area contributed by atoms with Gasteiger partial charge in [0.1, 0.15) is 0 Å². The fraction of sp³-hybridized carbons (Fsp3) is 0. The lowest BCUT2D eigenvalue weighted by Gasteiger charge is -2.14. The maximum Gasteiger partial charge on any atom is 0.0619 e. The first kappa shape index (κ1) is 33.6. The second kappa shape index (κ2) is 12.7. The summed E-state index contributed by atoms with van der Waals surface area (Å²) in [5, 5.41) is 12.6. The van der Waals surface area contributed by atoms with Crippen molar-refractivity contribution in [1.29, 1.82) is 0 Å². The molecule has 0 N–H and O–H groups in total. The van der Waals surface area contributed by atoms with Gasteiger partial charge in [-0.2, -0.15) is 0 Å². The van der Waals surface area contributed by atoms with E-state index in [-0.39, 0.29) is 0 Å². The highest BCUT2D eigenvalue weighted by atomic mass is 15.0. The van der Waals surface area contributed by atoms with Gasteiger partial charge in [-0.1, -0.05) is 164 Å². The Kier molecular flexibility index (Phi) is 6.86. The van der Waals surface area contributed by atoms with Gasteiger partial charge < -0.3 is 9.13 Å². The molecule has 0 saturated heterocycles. The third kappa shape index (κ3) is 4.69. The van der Waals surface area contributed by atoms with Gasteiger partial charge in [0.25, 0.3) is 0 Å². The van der Waals surface area contributed by atoms with E-state index >= 15 is 0 Å². The summed E-state index contributed by atoms with van der Waals surface area (Å²) < 4.78 is 4.91. The number of para-hydroxylation sites is 1. The van der Waals surface area contributed by atoms with Crippen LogP contribution in [0.4, 0.5) is 0 Å². The van der Waals surface area contributed by atoms with E-state index in [2.05, 4.69) is 228 Å². The summed E-state index contributed by atoms with van der Waals surface area (Å²) in [5.41, 5.74) is 17.4. The molecular weight excluding hydrogens is 749 g/mol. The Bertz CT molecular complexity index is 4020. The minimum atomic E-state index is 1.15. The van der Waals surface area contributed by atoms with Crippen molar-refractivity contribution in [3.8, 4) is 55.9 Å². The number of rotatable bonds is 4. The van der Waals surface area contributed by atoms with Crippen molar-refractivity contribution in [2.24, 2.45) is 0 Å². The van der Waals surface area contributed by atoms with Crippen molar-refractivity contribution in [3.05, 3.63) is 218 Å². The van der Waals surface area contributed by atoms with Crippen molar-refractivity contribution < 1.29 is 0 Å². The molecule has 13 aromatic rings. The molecule has 2 heterocycles. The van der Waals surface area contributed by atoms with Crippen LogP contribution in [0.25, 0.3) is 132 Å². The maximum atomic E-state index is 2.50. The van der Waals surface area contributed by atoms with Gasteiger partial charge in [-0.15, -0.1) is 0 Å². The quantitative estimate of drug-likeness (QED) is 0.168. The molecule has 2 nitrogen and oxygen atoms in total. The first-order valence-electron chi connectivity index (χ1n) is 21.5. The highest BCUT2D eigenvalue weighted by molar-refractivity contribution is 6.21. The second-order valence-corrected chi connectivity index (χ2v) is 16.9. The molecule has 1 aliphatic rings. The Morgan fingerprint density at radius 3 is 1.66 bits per heavy atom. The highest BCUT2D eigenvalue weighted by Gasteiger charge is 2.23. The molecule has 14 rings (SSSR count). The number of benzene rings is 11. The molecule has 286 valence electrons. The molecule has 2 heteroatoms. The fourth-order valence-electron chi connectivity index (χ4n) is 10.8. The van der Waals surface area contributed by atoms with E-state index in [1.165, 1.54) is 126 Å². The van der Waals surface area contributed by atoms with Crippen LogP contribution in [0, 0.1) is 0 Å². The molecule has 11 aromatic carbocycles. The van der Waals surface area contributed by atoms with Crippen LogP contribution < -0.4 is 0 Å². The molecule has 0 saturated carbocycles. The minimum absolute atomic E-state index is 1.15. The zero-order valence-corrected chi connectivity index (χ0v) is 33.7. The third-order valence-electron chi connectivity index (χ3n) is 13.6. The highest BCUT2D eigenvalue weighted by Crippen LogP contribution is 2.49. The second-order valence-electron chi connectivity index (χ2n) is 16.9. The standard InChI is InChI=1S/C60H36N2/c1-2-13-39-33-44(27-23-37(39)11-1)61-56-22-8-7-19-49(56)54-35-40(25-31-57(54)61)41-26-32-58-55(36-41)53-28-24-38-12-3-4-16-46(38)60(53)62(58)43-15-9-14-42(34-43)45-29-30-52-48-18-6-5-17-47(48)51-21-10-20-50(45)59(51)52/h1-36H. The zero-order valence-electron chi connectivity index (χ0n) is 33.7. The summed E-state index contributed by atoms with van der Waals surface area (Å²) in [4.78, 5) is 0. The van der Waals surface area contributed by atoms with Crippen LogP contribution in [0.5, 0.6) is 0 Å². The summed E-state index contributed by atoms with van der Waals surface area (Å²) >= 11 is 0. The minimum Gasteiger partial charge on any atom is -0.309 e. The SMILES string of the molecule is c1cc(-c2ccc3c4c(cccc24)-c2ccccc2-3)cc(-n2c3ccc(-c4ccc5c(c4)c4ccccc4n5-c4ccc5ccccc5c4)cc3c3ccc4ccccc4c32)c1. The van der Waals surface area contributed by atoms with Crippen molar-refractivity contribution in [2.45, 2.75) is 0 Å². The van der Waals surface area contributed by atoms with E-state index < -0.39 is 0 Å². The molecule has 62 heavy (non-hydrogen) atoms. The predicted molar refractivity (Wildman–Crippen MR) is 263 cm³/mol. The van der Waals surface area contributed by atoms with Crippen molar-refractivity contribution in [3.63, 3.8) is 0 Å². The number of nitrogens with zero attached hydrogens (tertiary/aromatic N) is 2. The average Bonchev–Trinajstić information content (AvgIpc) is 3.98. The molecule has 0 atom stereocenters.